The molecule has 0 bridgehead atoms. The minimum atomic E-state index is -1.07. The maximum absolute atomic E-state index is 3.65. The van der Waals surface area contributed by atoms with Crippen LogP contribution in [0.15, 0.2) is 89.7 Å². The van der Waals surface area contributed by atoms with Crippen molar-refractivity contribution in [3.05, 3.63) is 141 Å². The molecule has 0 fully saturated rings. The summed E-state index contributed by atoms with van der Waals surface area (Å²) in [6.45, 7) is 25.2. The third-order valence-corrected chi connectivity index (χ3v) is 13.4. The Morgan fingerprint density at radius 3 is 1.94 bits per heavy atom. The molecule has 4 heteroatoms. The summed E-state index contributed by atoms with van der Waals surface area (Å²) in [5.41, 5.74) is 17.3. The van der Waals surface area contributed by atoms with E-state index in [1.807, 2.05) is 0 Å². The van der Waals surface area contributed by atoms with Crippen molar-refractivity contribution < 1.29 is 49.0 Å². The number of halogens is 2. The quantitative estimate of drug-likeness (QED) is 0.148. The van der Waals surface area contributed by atoms with Crippen molar-refractivity contribution in [3.8, 4) is 11.1 Å². The van der Waals surface area contributed by atoms with Crippen LogP contribution in [0, 0.1) is 18.1 Å². The molecule has 0 heterocycles. The van der Waals surface area contributed by atoms with Crippen LogP contribution in [0.3, 0.4) is 0 Å². The van der Waals surface area contributed by atoms with Gasteiger partial charge in [-0.3, -0.25) is 12.2 Å². The number of rotatable bonds is 2. The molecule has 1 unspecified atom stereocenters. The SMILES string of the molecule is CC1=[C-]C(C)(C)c2cc3c(cc21)-c1cc2c(cc1C3)C(C)(C)C=C2C.CC1=[C-]C(C)C=C1[Si](C)(C)C.[Cl-].[Cl-].[Zr+2]=[CH]c1cccc2ccccc12. The van der Waals surface area contributed by atoms with Crippen molar-refractivity contribution in [1.29, 1.82) is 0 Å². The second-order valence-electron chi connectivity index (χ2n) is 16.3. The molecular weight excluding hydrogens is 743 g/mol. The average Bonchev–Trinajstić information content (AvgIpc) is 3.69. The van der Waals surface area contributed by atoms with Gasteiger partial charge in [-0.1, -0.05) is 97.6 Å². The first kappa shape index (κ1) is 40.4. The van der Waals surface area contributed by atoms with Crippen molar-refractivity contribution in [2.45, 2.75) is 92.3 Å². The summed E-state index contributed by atoms with van der Waals surface area (Å²) in [6, 6.07) is 24.7. The van der Waals surface area contributed by atoms with Gasteiger partial charge in [0.2, 0.25) is 0 Å². The number of fused-ring (bicyclic) bond motifs is 6. The van der Waals surface area contributed by atoms with Crippen molar-refractivity contribution >= 4 is 33.7 Å². The van der Waals surface area contributed by atoms with E-state index in [-0.39, 0.29) is 35.6 Å². The molecule has 4 aromatic carbocycles. The van der Waals surface area contributed by atoms with Crippen LogP contribution in [0.2, 0.25) is 19.6 Å². The number of hydrogen-bond donors (Lipinski definition) is 0. The van der Waals surface area contributed by atoms with E-state index in [1.165, 1.54) is 102 Å². The van der Waals surface area contributed by atoms with E-state index in [9.17, 15) is 0 Å². The molecule has 1 atom stereocenters. The minimum absolute atomic E-state index is 0. The molecule has 0 N–H and O–H groups in total. The summed E-state index contributed by atoms with van der Waals surface area (Å²) in [4.78, 5) is 0. The van der Waals surface area contributed by atoms with Crippen LogP contribution in [0.5, 0.6) is 0 Å². The van der Waals surface area contributed by atoms with Crippen LogP contribution in [0.4, 0.5) is 0 Å². The van der Waals surface area contributed by atoms with Gasteiger partial charge in [0.25, 0.3) is 0 Å². The monoisotopic (exact) mass is 790 g/mol. The van der Waals surface area contributed by atoms with E-state index in [0.717, 1.165) is 6.42 Å². The summed E-state index contributed by atoms with van der Waals surface area (Å²) in [5.74, 6) is 0.553. The van der Waals surface area contributed by atoms with Gasteiger partial charge in [-0.25, -0.2) is 16.3 Å². The fourth-order valence-electron chi connectivity index (χ4n) is 8.30. The normalized spacial score (nSPS) is 18.2. The fourth-order valence-corrected chi connectivity index (χ4v) is 10.9. The van der Waals surface area contributed by atoms with Gasteiger partial charge in [-0.2, -0.15) is 11.6 Å². The zero-order chi connectivity index (χ0) is 34.8. The van der Waals surface area contributed by atoms with Crippen LogP contribution in [-0.2, 0) is 41.5 Å². The van der Waals surface area contributed by atoms with E-state index >= 15 is 0 Å². The molecule has 8 rings (SSSR count). The van der Waals surface area contributed by atoms with E-state index in [1.54, 1.807) is 5.20 Å². The molecule has 0 amide bonds. The summed E-state index contributed by atoms with van der Waals surface area (Å²) in [7, 11) is -1.07. The molecule has 4 aromatic rings. The Kier molecular flexibility index (Phi) is 12.1. The van der Waals surface area contributed by atoms with Crippen molar-refractivity contribution in [3.63, 3.8) is 0 Å². The molecule has 0 nitrogen and oxygen atoms in total. The van der Waals surface area contributed by atoms with Gasteiger partial charge >= 0.3 is 86.7 Å². The third kappa shape index (κ3) is 7.71. The summed E-state index contributed by atoms with van der Waals surface area (Å²) >= 11 is 1.46. The number of hydrogen-bond acceptors (Lipinski definition) is 0. The Hall–Kier alpha value is -2.35. The van der Waals surface area contributed by atoms with E-state index < -0.39 is 8.07 Å². The third-order valence-electron chi connectivity index (χ3n) is 10.5. The molecule has 4 aliphatic carbocycles. The Morgan fingerprint density at radius 1 is 0.760 bits per heavy atom. The summed E-state index contributed by atoms with van der Waals surface area (Å²) in [6.07, 6.45) is 12.9. The molecule has 0 saturated carbocycles. The van der Waals surface area contributed by atoms with Crippen molar-refractivity contribution in [2.24, 2.45) is 5.92 Å². The van der Waals surface area contributed by atoms with Gasteiger partial charge in [0.15, 0.2) is 0 Å². The van der Waals surface area contributed by atoms with Crippen LogP contribution < -0.4 is 24.8 Å². The van der Waals surface area contributed by atoms with Crippen LogP contribution in [0.1, 0.15) is 94.3 Å². The average molecular weight is 793 g/mol. The molecule has 258 valence electrons. The fraction of sp³-hybridized carbons (Fsp3) is 0.326. The summed E-state index contributed by atoms with van der Waals surface area (Å²) < 4.78 is 2.23. The zero-order valence-electron chi connectivity index (χ0n) is 31.6. The second kappa shape index (κ2) is 14.9. The standard InChI is InChI=1S/C25H25.C11H8.C10H17Si.2ClH.Zr/c1-14-12-24(3,4)22-8-16-7-17-9-23-19(15(2)13-25(23,5)6)11-21(17)20(16)10-18(14)22;1-9-5-4-7-10-6-2-3-8-11(9)10;1-8-6-9(2)10(7-8)11(3,4)5;;;/h8-12H,7H2,1-6H3;1-8H;7-8H,1-5H3;2*1H;/q-1;;-1;;;+2/p-2. The van der Waals surface area contributed by atoms with Crippen molar-refractivity contribution in [1.82, 2.24) is 0 Å². The molecule has 0 spiro atoms. The topological polar surface area (TPSA) is 0 Å². The molecule has 0 radical (unpaired) electrons. The molecule has 0 aromatic heterocycles. The van der Waals surface area contributed by atoms with Crippen LogP contribution >= 0.6 is 0 Å². The Bertz CT molecular complexity index is 2010. The predicted octanol–water partition coefficient (Wildman–Crippen LogP) is 6.18. The predicted molar refractivity (Wildman–Crippen MR) is 209 cm³/mol. The van der Waals surface area contributed by atoms with Gasteiger partial charge < -0.3 is 24.8 Å². The maximum atomic E-state index is 3.65. The van der Waals surface area contributed by atoms with E-state index in [0.29, 0.717) is 5.92 Å². The van der Waals surface area contributed by atoms with Crippen LogP contribution in [0.25, 0.3) is 33.0 Å². The zero-order valence-corrected chi connectivity index (χ0v) is 36.6. The first-order chi connectivity index (χ1) is 22.5. The molecule has 0 aliphatic heterocycles. The number of benzene rings is 4. The van der Waals surface area contributed by atoms with E-state index in [2.05, 4.69) is 170 Å². The van der Waals surface area contributed by atoms with Gasteiger partial charge in [0.1, 0.15) is 0 Å². The van der Waals surface area contributed by atoms with Gasteiger partial charge in [-0.05, 0) is 66.4 Å². The van der Waals surface area contributed by atoms with Crippen LogP contribution in [-0.4, -0.2) is 11.8 Å². The van der Waals surface area contributed by atoms with E-state index in [4.69, 9.17) is 0 Å². The second-order valence-corrected chi connectivity index (χ2v) is 22.1. The molecule has 0 saturated heterocycles. The molecular formula is C46H50Cl2SiZr-2. The first-order valence-corrected chi connectivity index (χ1v) is 22.4. The Balaban J connectivity index is 0.000000189. The van der Waals surface area contributed by atoms with Crippen molar-refractivity contribution in [2.75, 3.05) is 0 Å². The van der Waals surface area contributed by atoms with Gasteiger partial charge in [0.05, 0.1) is 0 Å². The van der Waals surface area contributed by atoms with Gasteiger partial charge in [0, 0.05) is 5.41 Å². The van der Waals surface area contributed by atoms with Gasteiger partial charge in [-0.15, -0.1) is 11.6 Å². The Labute approximate surface area is 330 Å². The molecule has 50 heavy (non-hydrogen) atoms. The summed E-state index contributed by atoms with van der Waals surface area (Å²) in [5, 5.41) is 4.29. The Morgan fingerprint density at radius 2 is 1.36 bits per heavy atom. The first-order valence-electron chi connectivity index (χ1n) is 17.5. The number of allylic oxidation sites excluding steroid dienone is 8. The molecule has 4 aliphatic rings.